The number of carbonyl (C=O) groups excluding carboxylic acids is 2. The molecule has 0 atom stereocenters. The average molecular weight is 310 g/mol. The molecule has 2 aromatic carbocycles. The predicted molar refractivity (Wildman–Crippen MR) is 86.2 cm³/mol. The topological polar surface area (TPSA) is 49.4 Å². The Labute approximate surface area is 133 Å². The van der Waals surface area contributed by atoms with Crippen molar-refractivity contribution in [2.75, 3.05) is 11.9 Å². The largest absolute Gasteiger partial charge is 0.326 e. The van der Waals surface area contributed by atoms with E-state index in [1.165, 1.54) is 23.1 Å². The Kier molecular flexibility index (Phi) is 3.93. The van der Waals surface area contributed by atoms with Gasteiger partial charge in [-0.3, -0.25) is 9.59 Å². The van der Waals surface area contributed by atoms with Crippen molar-refractivity contribution >= 4 is 23.2 Å². The fourth-order valence-corrected chi connectivity index (χ4v) is 2.57. The number of benzene rings is 2. The number of nitrogens with zero attached hydrogens (tertiary/aromatic N) is 1. The number of hydrogen-bond acceptors (Lipinski definition) is 2. The Hall–Kier alpha value is -2.95. The van der Waals surface area contributed by atoms with Crippen LogP contribution in [-0.4, -0.2) is 23.3 Å². The van der Waals surface area contributed by atoms with E-state index in [9.17, 15) is 14.0 Å². The fraction of sp³-hybridized carbons (Fsp3) is 0.111. The van der Waals surface area contributed by atoms with Crippen LogP contribution in [0, 0.1) is 5.82 Å². The maximum Gasteiger partial charge on any atom is 0.258 e. The van der Waals surface area contributed by atoms with E-state index in [1.807, 2.05) is 12.1 Å². The summed E-state index contributed by atoms with van der Waals surface area (Å²) in [5, 5.41) is 2.61. The molecule has 0 fully saturated rings. The molecule has 0 spiro atoms. The SMILES string of the molecule is C=C1c2ccccc2C(=O)N1CCC(=O)Nc1cccc(F)c1. The van der Waals surface area contributed by atoms with Crippen LogP contribution in [0.4, 0.5) is 10.1 Å². The number of hydrogen-bond donors (Lipinski definition) is 1. The lowest BCUT2D eigenvalue weighted by molar-refractivity contribution is -0.116. The summed E-state index contributed by atoms with van der Waals surface area (Å²) in [6.07, 6.45) is 0.106. The molecular weight excluding hydrogens is 295 g/mol. The van der Waals surface area contributed by atoms with Crippen molar-refractivity contribution in [1.82, 2.24) is 4.90 Å². The van der Waals surface area contributed by atoms with E-state index in [0.29, 0.717) is 16.9 Å². The number of anilines is 1. The molecule has 5 heteroatoms. The van der Waals surface area contributed by atoms with Crippen LogP contribution in [0.3, 0.4) is 0 Å². The average Bonchev–Trinajstić information content (AvgIpc) is 2.77. The second kappa shape index (κ2) is 6.04. The van der Waals surface area contributed by atoms with Crippen LogP contribution in [0.1, 0.15) is 22.3 Å². The van der Waals surface area contributed by atoms with Gasteiger partial charge in [-0.1, -0.05) is 30.8 Å². The molecule has 3 rings (SSSR count). The standard InChI is InChI=1S/C18H15FN2O2/c1-12-15-7-2-3-8-16(15)18(23)21(12)10-9-17(22)20-14-6-4-5-13(19)11-14/h2-8,11H,1,9-10H2,(H,20,22). The highest BCUT2D eigenvalue weighted by Crippen LogP contribution is 2.31. The van der Waals surface area contributed by atoms with Crippen molar-refractivity contribution < 1.29 is 14.0 Å². The summed E-state index contributed by atoms with van der Waals surface area (Å²) in [6, 6.07) is 12.9. The molecule has 1 aliphatic rings. The zero-order valence-corrected chi connectivity index (χ0v) is 12.4. The summed E-state index contributed by atoms with van der Waals surface area (Å²) in [4.78, 5) is 25.8. The molecule has 23 heavy (non-hydrogen) atoms. The Morgan fingerprint density at radius 1 is 1.13 bits per heavy atom. The lowest BCUT2D eigenvalue weighted by atomic mass is 10.1. The number of halogens is 1. The van der Waals surface area contributed by atoms with E-state index < -0.39 is 5.82 Å². The molecule has 1 heterocycles. The molecule has 0 saturated carbocycles. The van der Waals surface area contributed by atoms with Gasteiger partial charge in [0.05, 0.1) is 0 Å². The first kappa shape index (κ1) is 15.0. The van der Waals surface area contributed by atoms with Crippen molar-refractivity contribution in [2.24, 2.45) is 0 Å². The van der Waals surface area contributed by atoms with Crippen molar-refractivity contribution in [3.05, 3.63) is 72.1 Å². The summed E-state index contributed by atoms with van der Waals surface area (Å²) in [7, 11) is 0. The molecule has 2 aromatic rings. The monoisotopic (exact) mass is 310 g/mol. The van der Waals surface area contributed by atoms with Crippen LogP contribution >= 0.6 is 0 Å². The maximum absolute atomic E-state index is 13.1. The first-order chi connectivity index (χ1) is 11.1. The number of nitrogens with one attached hydrogen (secondary N) is 1. The highest BCUT2D eigenvalue weighted by Gasteiger charge is 2.30. The van der Waals surface area contributed by atoms with Crippen LogP contribution in [0.5, 0.6) is 0 Å². The number of carbonyl (C=O) groups is 2. The zero-order chi connectivity index (χ0) is 16.4. The molecule has 2 amide bonds. The summed E-state index contributed by atoms with van der Waals surface area (Å²) in [6.45, 7) is 4.15. The lowest BCUT2D eigenvalue weighted by Gasteiger charge is -2.17. The maximum atomic E-state index is 13.1. The molecule has 1 N–H and O–H groups in total. The second-order valence-electron chi connectivity index (χ2n) is 5.26. The smallest absolute Gasteiger partial charge is 0.258 e. The molecular formula is C18H15FN2O2. The van der Waals surface area contributed by atoms with Gasteiger partial charge in [0.25, 0.3) is 5.91 Å². The number of rotatable bonds is 4. The molecule has 0 aliphatic carbocycles. The van der Waals surface area contributed by atoms with Crippen LogP contribution in [0.2, 0.25) is 0 Å². The highest BCUT2D eigenvalue weighted by atomic mass is 19.1. The summed E-state index contributed by atoms with van der Waals surface area (Å²) in [5.74, 6) is -0.849. The van der Waals surface area contributed by atoms with Gasteiger partial charge in [0.1, 0.15) is 5.82 Å². The summed E-state index contributed by atoms with van der Waals surface area (Å²) >= 11 is 0. The normalized spacial score (nSPS) is 13.2. The Morgan fingerprint density at radius 2 is 1.87 bits per heavy atom. The van der Waals surface area contributed by atoms with Gasteiger partial charge in [0, 0.05) is 35.5 Å². The third-order valence-corrected chi connectivity index (χ3v) is 3.71. The third-order valence-electron chi connectivity index (χ3n) is 3.71. The van der Waals surface area contributed by atoms with E-state index in [1.54, 1.807) is 18.2 Å². The molecule has 0 saturated heterocycles. The van der Waals surface area contributed by atoms with Crippen molar-refractivity contribution in [3.8, 4) is 0 Å². The molecule has 0 bridgehead atoms. The van der Waals surface area contributed by atoms with Gasteiger partial charge < -0.3 is 10.2 Å². The van der Waals surface area contributed by atoms with Crippen LogP contribution in [-0.2, 0) is 4.79 Å². The molecule has 116 valence electrons. The Bertz CT molecular complexity index is 766. The molecule has 0 aromatic heterocycles. The number of amides is 2. The van der Waals surface area contributed by atoms with E-state index in [4.69, 9.17) is 0 Å². The molecule has 1 aliphatic heterocycles. The van der Waals surface area contributed by atoms with Crippen molar-refractivity contribution in [3.63, 3.8) is 0 Å². The molecule has 0 unspecified atom stereocenters. The van der Waals surface area contributed by atoms with Gasteiger partial charge in [-0.25, -0.2) is 4.39 Å². The van der Waals surface area contributed by atoms with Gasteiger partial charge in [0.2, 0.25) is 5.91 Å². The van der Waals surface area contributed by atoms with Crippen molar-refractivity contribution in [2.45, 2.75) is 6.42 Å². The zero-order valence-electron chi connectivity index (χ0n) is 12.4. The van der Waals surface area contributed by atoms with Gasteiger partial charge >= 0.3 is 0 Å². The van der Waals surface area contributed by atoms with Crippen LogP contribution in [0.15, 0.2) is 55.1 Å². The minimum atomic E-state index is -0.415. The Morgan fingerprint density at radius 3 is 2.57 bits per heavy atom. The lowest BCUT2D eigenvalue weighted by Crippen LogP contribution is -2.27. The van der Waals surface area contributed by atoms with Crippen LogP contribution in [0.25, 0.3) is 5.70 Å². The van der Waals surface area contributed by atoms with Gasteiger partial charge in [-0.15, -0.1) is 0 Å². The summed E-state index contributed by atoms with van der Waals surface area (Å²) in [5.41, 5.74) is 2.39. The summed E-state index contributed by atoms with van der Waals surface area (Å²) < 4.78 is 13.1. The minimum absolute atomic E-state index is 0.106. The van der Waals surface area contributed by atoms with E-state index in [2.05, 4.69) is 11.9 Å². The van der Waals surface area contributed by atoms with Gasteiger partial charge in [-0.05, 0) is 24.3 Å². The quantitative estimate of drug-likeness (QED) is 0.942. The third kappa shape index (κ3) is 2.99. The number of fused-ring (bicyclic) bond motifs is 1. The Balaban J connectivity index is 1.62. The minimum Gasteiger partial charge on any atom is -0.326 e. The van der Waals surface area contributed by atoms with E-state index in [0.717, 1.165) is 5.56 Å². The van der Waals surface area contributed by atoms with E-state index >= 15 is 0 Å². The first-order valence-corrected chi connectivity index (χ1v) is 7.22. The molecule has 0 radical (unpaired) electrons. The van der Waals surface area contributed by atoms with Gasteiger partial charge in [0.15, 0.2) is 0 Å². The second-order valence-corrected chi connectivity index (χ2v) is 5.26. The van der Waals surface area contributed by atoms with Gasteiger partial charge in [-0.2, -0.15) is 0 Å². The predicted octanol–water partition coefficient (Wildman–Crippen LogP) is 3.28. The molecule has 4 nitrogen and oxygen atoms in total. The highest BCUT2D eigenvalue weighted by molar-refractivity contribution is 6.09. The van der Waals surface area contributed by atoms with Crippen LogP contribution < -0.4 is 5.32 Å². The first-order valence-electron chi connectivity index (χ1n) is 7.22. The fourth-order valence-electron chi connectivity index (χ4n) is 2.57. The van der Waals surface area contributed by atoms with E-state index in [-0.39, 0.29) is 24.8 Å². The van der Waals surface area contributed by atoms with Crippen molar-refractivity contribution in [1.29, 1.82) is 0 Å².